The lowest BCUT2D eigenvalue weighted by Gasteiger charge is -2.22. The average Bonchev–Trinajstić information content (AvgIpc) is 2.90. The van der Waals surface area contributed by atoms with Crippen molar-refractivity contribution >= 4 is 17.3 Å². The third kappa shape index (κ3) is 3.27. The Hall–Kier alpha value is -2.76. The second-order valence-electron chi connectivity index (χ2n) is 6.06. The van der Waals surface area contributed by atoms with Crippen LogP contribution in [-0.4, -0.2) is 21.9 Å². The molecular weight excluding hydrogens is 306 g/mol. The molecule has 24 heavy (non-hydrogen) atoms. The van der Waals surface area contributed by atoms with Gasteiger partial charge in [0, 0.05) is 42.2 Å². The Kier molecular flexibility index (Phi) is 4.55. The fraction of sp³-hybridized carbons (Fsp3) is 0.333. The van der Waals surface area contributed by atoms with Crippen molar-refractivity contribution in [2.24, 2.45) is 0 Å². The molecule has 0 saturated carbocycles. The van der Waals surface area contributed by atoms with Crippen LogP contribution in [0.15, 0.2) is 42.6 Å². The highest BCUT2D eigenvalue weighted by Crippen LogP contribution is 2.35. The Bertz CT molecular complexity index is 761. The first-order valence-electron chi connectivity index (χ1n) is 8.05. The summed E-state index contributed by atoms with van der Waals surface area (Å²) in [5.41, 5.74) is 2.73. The molecule has 6 nitrogen and oxygen atoms in total. The number of carbonyl (C=O) groups excluding carboxylic acids is 1. The third-order valence-corrected chi connectivity index (χ3v) is 4.31. The van der Waals surface area contributed by atoms with Crippen LogP contribution in [0.2, 0.25) is 0 Å². The lowest BCUT2D eigenvalue weighted by Crippen LogP contribution is -2.35. The maximum Gasteiger partial charge on any atom is 0.269 e. The molecule has 0 fully saturated rings. The van der Waals surface area contributed by atoms with E-state index in [0.29, 0.717) is 12.8 Å². The molecule has 0 bridgehead atoms. The number of hydrogen-bond acceptors (Lipinski definition) is 4. The second kappa shape index (κ2) is 6.78. The molecule has 2 heterocycles. The zero-order chi connectivity index (χ0) is 17.1. The lowest BCUT2D eigenvalue weighted by atomic mass is 10.1. The van der Waals surface area contributed by atoms with Gasteiger partial charge in [0.1, 0.15) is 0 Å². The number of pyridine rings is 1. The van der Waals surface area contributed by atoms with Crippen LogP contribution in [0, 0.1) is 10.1 Å². The minimum atomic E-state index is -0.401. The molecule has 0 aliphatic carbocycles. The van der Waals surface area contributed by atoms with Crippen molar-refractivity contribution in [1.29, 1.82) is 0 Å². The number of carbonyl (C=O) groups is 1. The maximum absolute atomic E-state index is 12.6. The number of fused-ring (bicyclic) bond motifs is 1. The van der Waals surface area contributed by atoms with Gasteiger partial charge in [-0.3, -0.25) is 19.9 Å². The van der Waals surface area contributed by atoms with Gasteiger partial charge >= 0.3 is 0 Å². The summed E-state index contributed by atoms with van der Waals surface area (Å²) >= 11 is 0. The van der Waals surface area contributed by atoms with E-state index in [1.807, 2.05) is 25.1 Å². The topological polar surface area (TPSA) is 76.3 Å². The SMILES string of the molecule is CC1Cc2cc([N+](=O)[O-])ccc2N1C(=O)CCCc1ccccn1. The van der Waals surface area contributed by atoms with Gasteiger partial charge in [0.2, 0.25) is 5.91 Å². The Morgan fingerprint density at radius 2 is 2.21 bits per heavy atom. The molecular formula is C18H19N3O3. The molecule has 0 radical (unpaired) electrons. The highest BCUT2D eigenvalue weighted by atomic mass is 16.6. The Balaban J connectivity index is 1.66. The van der Waals surface area contributed by atoms with Gasteiger partial charge in [0.25, 0.3) is 5.69 Å². The van der Waals surface area contributed by atoms with Crippen molar-refractivity contribution in [2.75, 3.05) is 4.90 Å². The number of benzene rings is 1. The van der Waals surface area contributed by atoms with Gasteiger partial charge in [-0.25, -0.2) is 0 Å². The highest BCUT2D eigenvalue weighted by Gasteiger charge is 2.31. The number of hydrogen-bond donors (Lipinski definition) is 0. The fourth-order valence-electron chi connectivity index (χ4n) is 3.20. The van der Waals surface area contributed by atoms with E-state index in [-0.39, 0.29) is 17.6 Å². The molecule has 6 heteroatoms. The van der Waals surface area contributed by atoms with E-state index in [0.717, 1.165) is 29.8 Å². The molecule has 124 valence electrons. The van der Waals surface area contributed by atoms with E-state index < -0.39 is 4.92 Å². The zero-order valence-corrected chi connectivity index (χ0v) is 13.5. The lowest BCUT2D eigenvalue weighted by molar-refractivity contribution is -0.384. The van der Waals surface area contributed by atoms with Crippen molar-refractivity contribution in [3.8, 4) is 0 Å². The van der Waals surface area contributed by atoms with Crippen molar-refractivity contribution in [2.45, 2.75) is 38.6 Å². The summed E-state index contributed by atoms with van der Waals surface area (Å²) in [6.07, 6.45) is 4.35. The molecule has 0 N–H and O–H groups in total. The number of aromatic nitrogens is 1. The monoisotopic (exact) mass is 325 g/mol. The quantitative estimate of drug-likeness (QED) is 0.624. The number of nitrogens with zero attached hydrogens (tertiary/aromatic N) is 3. The van der Waals surface area contributed by atoms with Crippen LogP contribution < -0.4 is 4.90 Å². The van der Waals surface area contributed by atoms with Crippen LogP contribution in [-0.2, 0) is 17.6 Å². The minimum absolute atomic E-state index is 0.0318. The fourth-order valence-corrected chi connectivity index (χ4v) is 3.20. The zero-order valence-electron chi connectivity index (χ0n) is 13.5. The van der Waals surface area contributed by atoms with Gasteiger partial charge in [-0.05, 0) is 49.9 Å². The molecule has 1 aromatic carbocycles. The highest BCUT2D eigenvalue weighted by molar-refractivity contribution is 5.96. The van der Waals surface area contributed by atoms with Crippen LogP contribution in [0.4, 0.5) is 11.4 Å². The van der Waals surface area contributed by atoms with Gasteiger partial charge in [-0.15, -0.1) is 0 Å². The van der Waals surface area contributed by atoms with Crippen molar-refractivity contribution in [3.63, 3.8) is 0 Å². The largest absolute Gasteiger partial charge is 0.309 e. The van der Waals surface area contributed by atoms with E-state index in [1.165, 1.54) is 6.07 Å². The first kappa shape index (κ1) is 16.1. The molecule has 1 amide bonds. The van der Waals surface area contributed by atoms with Crippen molar-refractivity contribution in [3.05, 3.63) is 64.0 Å². The van der Waals surface area contributed by atoms with E-state index in [1.54, 1.807) is 23.2 Å². The number of nitro groups is 1. The molecule has 1 aliphatic heterocycles. The Morgan fingerprint density at radius 3 is 2.92 bits per heavy atom. The van der Waals surface area contributed by atoms with Gasteiger partial charge < -0.3 is 4.90 Å². The summed E-state index contributed by atoms with van der Waals surface area (Å²) < 4.78 is 0. The number of amides is 1. The average molecular weight is 325 g/mol. The predicted octanol–water partition coefficient (Wildman–Crippen LogP) is 3.29. The summed E-state index contributed by atoms with van der Waals surface area (Å²) in [5.74, 6) is 0.0611. The second-order valence-corrected chi connectivity index (χ2v) is 6.06. The number of aryl methyl sites for hydroxylation is 1. The van der Waals surface area contributed by atoms with E-state index in [4.69, 9.17) is 0 Å². The van der Waals surface area contributed by atoms with E-state index in [9.17, 15) is 14.9 Å². The number of rotatable bonds is 5. The van der Waals surface area contributed by atoms with Crippen LogP contribution in [0.1, 0.15) is 31.0 Å². The first-order valence-corrected chi connectivity index (χ1v) is 8.05. The Morgan fingerprint density at radius 1 is 1.38 bits per heavy atom. The van der Waals surface area contributed by atoms with Crippen LogP contribution in [0.3, 0.4) is 0 Å². The molecule has 1 atom stereocenters. The van der Waals surface area contributed by atoms with Gasteiger partial charge in [-0.1, -0.05) is 6.07 Å². The normalized spacial score (nSPS) is 16.0. The smallest absolute Gasteiger partial charge is 0.269 e. The first-order chi connectivity index (χ1) is 11.6. The standard InChI is InChI=1S/C18H19N3O3/c1-13-11-14-12-16(21(23)24)8-9-17(14)20(13)18(22)7-4-6-15-5-2-3-10-19-15/h2-3,5,8-10,12-13H,4,6-7,11H2,1H3. The number of anilines is 1. The number of non-ortho nitro benzene ring substituents is 1. The molecule has 0 saturated heterocycles. The van der Waals surface area contributed by atoms with Crippen LogP contribution in [0.25, 0.3) is 0 Å². The van der Waals surface area contributed by atoms with Crippen LogP contribution >= 0.6 is 0 Å². The van der Waals surface area contributed by atoms with E-state index >= 15 is 0 Å². The number of nitro benzene ring substituents is 1. The molecule has 1 unspecified atom stereocenters. The molecule has 0 spiro atoms. The molecule has 1 aliphatic rings. The summed E-state index contributed by atoms with van der Waals surface area (Å²) in [7, 11) is 0. The third-order valence-electron chi connectivity index (χ3n) is 4.31. The van der Waals surface area contributed by atoms with Gasteiger partial charge in [0.05, 0.1) is 4.92 Å². The molecule has 1 aromatic heterocycles. The summed E-state index contributed by atoms with van der Waals surface area (Å²) in [6, 6.07) is 10.5. The minimum Gasteiger partial charge on any atom is -0.309 e. The molecule has 2 aromatic rings. The summed E-state index contributed by atoms with van der Waals surface area (Å²) in [5, 5.41) is 10.9. The van der Waals surface area contributed by atoms with E-state index in [2.05, 4.69) is 4.98 Å². The maximum atomic E-state index is 12.6. The predicted molar refractivity (Wildman–Crippen MR) is 90.9 cm³/mol. The van der Waals surface area contributed by atoms with Crippen molar-refractivity contribution in [1.82, 2.24) is 4.98 Å². The van der Waals surface area contributed by atoms with Crippen molar-refractivity contribution < 1.29 is 9.72 Å². The Labute approximate surface area is 140 Å². The summed E-state index contributed by atoms with van der Waals surface area (Å²) in [6.45, 7) is 1.97. The van der Waals surface area contributed by atoms with Crippen LogP contribution in [0.5, 0.6) is 0 Å². The summed E-state index contributed by atoms with van der Waals surface area (Å²) in [4.78, 5) is 29.1. The van der Waals surface area contributed by atoms with Gasteiger partial charge in [-0.2, -0.15) is 0 Å². The molecule has 3 rings (SSSR count). The van der Waals surface area contributed by atoms with Gasteiger partial charge in [0.15, 0.2) is 0 Å².